The lowest BCUT2D eigenvalue weighted by atomic mass is 10.2. The summed E-state index contributed by atoms with van der Waals surface area (Å²) in [6.07, 6.45) is 1.44. The van der Waals surface area contributed by atoms with Crippen molar-refractivity contribution in [1.82, 2.24) is 0 Å². The van der Waals surface area contributed by atoms with Crippen LogP contribution in [0.5, 0.6) is 0 Å². The van der Waals surface area contributed by atoms with Gasteiger partial charge in [-0.25, -0.2) is 0 Å². The van der Waals surface area contributed by atoms with Crippen molar-refractivity contribution in [2.45, 2.75) is 0 Å². The van der Waals surface area contributed by atoms with Gasteiger partial charge in [0.25, 0.3) is 5.91 Å². The number of thiocarbonyl (C=S) groups is 1. The molecule has 1 aromatic heterocycles. The van der Waals surface area contributed by atoms with Crippen LogP contribution in [0.25, 0.3) is 0 Å². The Bertz CT molecular complexity index is 596. The second-order valence-corrected chi connectivity index (χ2v) is 4.78. The summed E-state index contributed by atoms with van der Waals surface area (Å²) in [4.78, 5) is 12.1. The third-order valence-electron chi connectivity index (χ3n) is 2.25. The van der Waals surface area contributed by atoms with Gasteiger partial charge in [-0.1, -0.05) is 12.2 Å². The van der Waals surface area contributed by atoms with E-state index < -0.39 is 0 Å². The monoisotopic (exact) mass is 324 g/mol. The molecule has 0 fully saturated rings. The van der Waals surface area contributed by atoms with Crippen molar-refractivity contribution in [2.24, 2.45) is 5.73 Å². The number of carbonyl (C=O) groups is 1. The Morgan fingerprint density at radius 3 is 2.72 bits per heavy atom. The molecule has 92 valence electrons. The SMILES string of the molecule is NC(=S)c1ccc(NC(=O)c2ccco2)c(Br)c1. The molecule has 0 aliphatic carbocycles. The van der Waals surface area contributed by atoms with E-state index in [1.54, 1.807) is 30.3 Å². The molecule has 0 atom stereocenters. The number of nitrogens with one attached hydrogen (secondary N) is 1. The highest BCUT2D eigenvalue weighted by Crippen LogP contribution is 2.24. The molecule has 0 saturated carbocycles. The van der Waals surface area contributed by atoms with E-state index in [9.17, 15) is 4.79 Å². The normalized spacial score (nSPS) is 10.1. The van der Waals surface area contributed by atoms with Crippen LogP contribution >= 0.6 is 28.1 Å². The van der Waals surface area contributed by atoms with E-state index in [-0.39, 0.29) is 11.7 Å². The smallest absolute Gasteiger partial charge is 0.291 e. The number of amides is 1. The fourth-order valence-electron chi connectivity index (χ4n) is 1.36. The highest BCUT2D eigenvalue weighted by atomic mass is 79.9. The number of anilines is 1. The second kappa shape index (κ2) is 5.32. The average Bonchev–Trinajstić information content (AvgIpc) is 2.85. The Morgan fingerprint density at radius 2 is 2.17 bits per heavy atom. The summed E-state index contributed by atoms with van der Waals surface area (Å²) in [5, 5.41) is 2.72. The fourth-order valence-corrected chi connectivity index (χ4v) is 1.97. The second-order valence-electron chi connectivity index (χ2n) is 3.49. The summed E-state index contributed by atoms with van der Waals surface area (Å²) in [5.41, 5.74) is 6.87. The fraction of sp³-hybridized carbons (Fsp3) is 0. The molecule has 0 aliphatic rings. The molecule has 0 bridgehead atoms. The van der Waals surface area contributed by atoms with E-state index in [1.807, 2.05) is 0 Å². The predicted molar refractivity (Wildman–Crippen MR) is 76.7 cm³/mol. The first kappa shape index (κ1) is 12.8. The third-order valence-corrected chi connectivity index (χ3v) is 3.14. The van der Waals surface area contributed by atoms with Crippen LogP contribution in [0.1, 0.15) is 16.1 Å². The Hall–Kier alpha value is -1.66. The van der Waals surface area contributed by atoms with Crippen molar-refractivity contribution in [3.63, 3.8) is 0 Å². The standard InChI is InChI=1S/C12H9BrN2O2S/c13-8-6-7(11(14)18)3-4-9(8)15-12(16)10-2-1-5-17-10/h1-6H,(H2,14,18)(H,15,16). The van der Waals surface area contributed by atoms with Crippen LogP contribution in [0, 0.1) is 0 Å². The summed E-state index contributed by atoms with van der Waals surface area (Å²) >= 11 is 8.22. The molecule has 1 aromatic carbocycles. The highest BCUT2D eigenvalue weighted by Gasteiger charge is 2.11. The number of furan rings is 1. The van der Waals surface area contributed by atoms with Crippen LogP contribution < -0.4 is 11.1 Å². The van der Waals surface area contributed by atoms with Crippen LogP contribution in [0.3, 0.4) is 0 Å². The maximum atomic E-state index is 11.8. The Kier molecular flexibility index (Phi) is 3.78. The molecule has 3 N–H and O–H groups in total. The maximum absolute atomic E-state index is 11.8. The van der Waals surface area contributed by atoms with Crippen molar-refractivity contribution >= 4 is 44.7 Å². The number of hydrogen-bond donors (Lipinski definition) is 2. The predicted octanol–water partition coefficient (Wildman–Crippen LogP) is 2.93. The average molecular weight is 325 g/mol. The first-order valence-corrected chi connectivity index (χ1v) is 6.22. The van der Waals surface area contributed by atoms with Crippen LogP contribution in [-0.2, 0) is 0 Å². The molecule has 4 nitrogen and oxygen atoms in total. The number of nitrogens with two attached hydrogens (primary N) is 1. The minimum atomic E-state index is -0.316. The van der Waals surface area contributed by atoms with Gasteiger partial charge in [-0.15, -0.1) is 0 Å². The molecule has 18 heavy (non-hydrogen) atoms. The van der Waals surface area contributed by atoms with Gasteiger partial charge in [0.1, 0.15) is 4.99 Å². The number of hydrogen-bond acceptors (Lipinski definition) is 3. The van der Waals surface area contributed by atoms with Crippen LogP contribution in [-0.4, -0.2) is 10.9 Å². The summed E-state index contributed by atoms with van der Waals surface area (Å²) in [7, 11) is 0. The minimum Gasteiger partial charge on any atom is -0.459 e. The first-order chi connectivity index (χ1) is 8.58. The van der Waals surface area contributed by atoms with E-state index in [2.05, 4.69) is 21.2 Å². The Labute approximate surface area is 117 Å². The van der Waals surface area contributed by atoms with Gasteiger partial charge < -0.3 is 15.5 Å². The summed E-state index contributed by atoms with van der Waals surface area (Å²) < 4.78 is 5.70. The van der Waals surface area contributed by atoms with Crippen LogP contribution in [0.2, 0.25) is 0 Å². The molecular formula is C12H9BrN2O2S. The molecule has 1 heterocycles. The lowest BCUT2D eigenvalue weighted by Gasteiger charge is -2.07. The van der Waals surface area contributed by atoms with Crippen molar-refractivity contribution < 1.29 is 9.21 Å². The zero-order valence-electron chi connectivity index (χ0n) is 9.14. The summed E-state index contributed by atoms with van der Waals surface area (Å²) in [6, 6.07) is 8.46. The van der Waals surface area contributed by atoms with E-state index >= 15 is 0 Å². The van der Waals surface area contributed by atoms with E-state index in [0.717, 1.165) is 5.56 Å². The maximum Gasteiger partial charge on any atom is 0.291 e. The van der Waals surface area contributed by atoms with Crippen molar-refractivity contribution in [1.29, 1.82) is 0 Å². The molecule has 0 unspecified atom stereocenters. The Morgan fingerprint density at radius 1 is 1.39 bits per heavy atom. The number of benzene rings is 1. The number of halogens is 1. The van der Waals surface area contributed by atoms with Gasteiger partial charge in [-0.2, -0.15) is 0 Å². The van der Waals surface area contributed by atoms with Crippen molar-refractivity contribution in [2.75, 3.05) is 5.32 Å². The van der Waals surface area contributed by atoms with Gasteiger partial charge in [-0.3, -0.25) is 4.79 Å². The number of carbonyl (C=O) groups excluding carboxylic acids is 1. The van der Waals surface area contributed by atoms with Gasteiger partial charge in [0.15, 0.2) is 5.76 Å². The largest absolute Gasteiger partial charge is 0.459 e. The third kappa shape index (κ3) is 2.77. The van der Waals surface area contributed by atoms with Crippen LogP contribution in [0.15, 0.2) is 45.5 Å². The molecule has 6 heteroatoms. The molecule has 2 rings (SSSR count). The van der Waals surface area contributed by atoms with E-state index in [4.69, 9.17) is 22.4 Å². The van der Waals surface area contributed by atoms with Gasteiger partial charge >= 0.3 is 0 Å². The highest BCUT2D eigenvalue weighted by molar-refractivity contribution is 9.10. The van der Waals surface area contributed by atoms with E-state index in [1.165, 1.54) is 6.26 Å². The molecule has 2 aromatic rings. The summed E-state index contributed by atoms with van der Waals surface area (Å²) in [6.45, 7) is 0. The zero-order valence-corrected chi connectivity index (χ0v) is 11.5. The lowest BCUT2D eigenvalue weighted by Crippen LogP contribution is -2.13. The van der Waals surface area contributed by atoms with Gasteiger partial charge in [0.2, 0.25) is 0 Å². The topological polar surface area (TPSA) is 68.3 Å². The van der Waals surface area contributed by atoms with Gasteiger partial charge in [-0.05, 0) is 46.3 Å². The number of rotatable bonds is 3. The molecule has 0 saturated heterocycles. The van der Waals surface area contributed by atoms with Crippen molar-refractivity contribution in [3.05, 3.63) is 52.4 Å². The molecule has 0 aliphatic heterocycles. The summed E-state index contributed by atoms with van der Waals surface area (Å²) in [5.74, 6) is -0.0657. The van der Waals surface area contributed by atoms with Crippen LogP contribution in [0.4, 0.5) is 5.69 Å². The molecule has 1 amide bonds. The molecular weight excluding hydrogens is 316 g/mol. The minimum absolute atomic E-state index is 0.250. The first-order valence-electron chi connectivity index (χ1n) is 5.02. The van der Waals surface area contributed by atoms with Gasteiger partial charge in [0.05, 0.1) is 12.0 Å². The lowest BCUT2D eigenvalue weighted by molar-refractivity contribution is 0.0996. The molecule has 0 spiro atoms. The van der Waals surface area contributed by atoms with E-state index in [0.29, 0.717) is 15.1 Å². The quantitative estimate of drug-likeness (QED) is 0.852. The van der Waals surface area contributed by atoms with Gasteiger partial charge in [0, 0.05) is 10.0 Å². The zero-order chi connectivity index (χ0) is 13.1. The molecule has 0 radical (unpaired) electrons. The van der Waals surface area contributed by atoms with Crippen molar-refractivity contribution in [3.8, 4) is 0 Å². The Balaban J connectivity index is 2.20.